The van der Waals surface area contributed by atoms with Crippen molar-refractivity contribution in [2.45, 2.75) is 18.9 Å². The van der Waals surface area contributed by atoms with Gasteiger partial charge in [0.25, 0.3) is 0 Å². The molecule has 0 aliphatic rings. The van der Waals surface area contributed by atoms with Crippen LogP contribution < -0.4 is 5.73 Å². The summed E-state index contributed by atoms with van der Waals surface area (Å²) in [6.45, 7) is 0. The average molecular weight is 298 g/mol. The molecule has 100 valence electrons. The van der Waals surface area contributed by atoms with Gasteiger partial charge in [0.05, 0.1) is 0 Å². The number of halogens is 3. The SMILES string of the molecule is NC(Cc1ccc(Cl)cc1)Cc1cc(F)ccc1Cl. The lowest BCUT2D eigenvalue weighted by molar-refractivity contribution is 0.618. The second-order valence-electron chi connectivity index (χ2n) is 4.53. The van der Waals surface area contributed by atoms with Crippen LogP contribution in [0.1, 0.15) is 11.1 Å². The van der Waals surface area contributed by atoms with Crippen LogP contribution in [0.25, 0.3) is 0 Å². The van der Waals surface area contributed by atoms with Gasteiger partial charge in [-0.2, -0.15) is 0 Å². The third kappa shape index (κ3) is 4.20. The minimum atomic E-state index is -0.293. The van der Waals surface area contributed by atoms with Gasteiger partial charge in [0.1, 0.15) is 5.82 Å². The molecule has 2 aromatic rings. The molecule has 2 aromatic carbocycles. The molecule has 0 fully saturated rings. The maximum Gasteiger partial charge on any atom is 0.123 e. The highest BCUT2D eigenvalue weighted by Gasteiger charge is 2.09. The molecular weight excluding hydrogens is 284 g/mol. The Kier molecular flexibility index (Phi) is 4.81. The monoisotopic (exact) mass is 297 g/mol. The summed E-state index contributed by atoms with van der Waals surface area (Å²) < 4.78 is 13.2. The van der Waals surface area contributed by atoms with Crippen molar-refractivity contribution in [2.75, 3.05) is 0 Å². The van der Waals surface area contributed by atoms with Gasteiger partial charge < -0.3 is 5.73 Å². The summed E-state index contributed by atoms with van der Waals surface area (Å²) in [4.78, 5) is 0. The molecule has 4 heteroatoms. The van der Waals surface area contributed by atoms with Gasteiger partial charge in [0.15, 0.2) is 0 Å². The molecule has 1 nitrogen and oxygen atoms in total. The van der Waals surface area contributed by atoms with E-state index in [9.17, 15) is 4.39 Å². The van der Waals surface area contributed by atoms with Gasteiger partial charge in [-0.3, -0.25) is 0 Å². The second-order valence-corrected chi connectivity index (χ2v) is 5.37. The largest absolute Gasteiger partial charge is 0.327 e. The average Bonchev–Trinajstić information content (AvgIpc) is 2.37. The molecule has 0 saturated heterocycles. The highest BCUT2D eigenvalue weighted by Crippen LogP contribution is 2.19. The first-order valence-electron chi connectivity index (χ1n) is 5.98. The van der Waals surface area contributed by atoms with Crippen molar-refractivity contribution in [1.29, 1.82) is 0 Å². The van der Waals surface area contributed by atoms with Crippen molar-refractivity contribution in [1.82, 2.24) is 0 Å². The molecule has 1 atom stereocenters. The molecule has 0 aliphatic heterocycles. The van der Waals surface area contributed by atoms with Crippen LogP contribution in [0.2, 0.25) is 10.0 Å². The van der Waals surface area contributed by atoms with Gasteiger partial charge in [-0.05, 0) is 54.3 Å². The van der Waals surface area contributed by atoms with E-state index in [1.54, 1.807) is 6.07 Å². The molecular formula is C15H14Cl2FN. The van der Waals surface area contributed by atoms with Crippen LogP contribution in [0.4, 0.5) is 4.39 Å². The first-order valence-corrected chi connectivity index (χ1v) is 6.74. The maximum atomic E-state index is 13.2. The second kappa shape index (κ2) is 6.38. The molecule has 2 rings (SSSR count). The maximum absolute atomic E-state index is 13.2. The Morgan fingerprint density at radius 1 is 1.00 bits per heavy atom. The highest BCUT2D eigenvalue weighted by atomic mass is 35.5. The topological polar surface area (TPSA) is 26.0 Å². The van der Waals surface area contributed by atoms with E-state index in [2.05, 4.69) is 0 Å². The molecule has 0 radical (unpaired) electrons. The van der Waals surface area contributed by atoms with Crippen molar-refractivity contribution in [3.63, 3.8) is 0 Å². The molecule has 0 bridgehead atoms. The molecule has 0 saturated carbocycles. The first-order chi connectivity index (χ1) is 9.04. The lowest BCUT2D eigenvalue weighted by Crippen LogP contribution is -2.25. The van der Waals surface area contributed by atoms with Crippen LogP contribution in [0.15, 0.2) is 42.5 Å². The fourth-order valence-electron chi connectivity index (χ4n) is 1.98. The van der Waals surface area contributed by atoms with Crippen LogP contribution >= 0.6 is 23.2 Å². The van der Waals surface area contributed by atoms with Crippen LogP contribution in [0.5, 0.6) is 0 Å². The van der Waals surface area contributed by atoms with E-state index in [4.69, 9.17) is 28.9 Å². The van der Waals surface area contributed by atoms with Gasteiger partial charge in [-0.1, -0.05) is 35.3 Å². The predicted molar refractivity (Wildman–Crippen MR) is 78.2 cm³/mol. The summed E-state index contributed by atoms with van der Waals surface area (Å²) >= 11 is 11.9. The number of hydrogen-bond donors (Lipinski definition) is 1. The van der Waals surface area contributed by atoms with Gasteiger partial charge in [-0.25, -0.2) is 4.39 Å². The molecule has 0 spiro atoms. The fraction of sp³-hybridized carbons (Fsp3) is 0.200. The lowest BCUT2D eigenvalue weighted by Gasteiger charge is -2.13. The smallest absolute Gasteiger partial charge is 0.123 e. The molecule has 0 amide bonds. The Morgan fingerprint density at radius 2 is 1.68 bits per heavy atom. The Hall–Kier alpha value is -1.09. The number of rotatable bonds is 4. The Bertz CT molecular complexity index is 555. The van der Waals surface area contributed by atoms with Crippen molar-refractivity contribution in [2.24, 2.45) is 5.73 Å². The summed E-state index contributed by atoms with van der Waals surface area (Å²) in [6.07, 6.45) is 1.24. The molecule has 1 unspecified atom stereocenters. The zero-order valence-electron chi connectivity index (χ0n) is 10.2. The zero-order chi connectivity index (χ0) is 13.8. The van der Waals surface area contributed by atoms with Crippen LogP contribution in [0.3, 0.4) is 0 Å². The fourth-order valence-corrected chi connectivity index (χ4v) is 2.30. The van der Waals surface area contributed by atoms with Crippen LogP contribution in [-0.4, -0.2) is 6.04 Å². The van der Waals surface area contributed by atoms with Gasteiger partial charge in [0, 0.05) is 16.1 Å². The number of hydrogen-bond acceptors (Lipinski definition) is 1. The van der Waals surface area contributed by atoms with Crippen molar-refractivity contribution in [3.8, 4) is 0 Å². The molecule has 0 aliphatic carbocycles. The van der Waals surface area contributed by atoms with Crippen LogP contribution in [0, 0.1) is 5.82 Å². The summed E-state index contributed by atoms with van der Waals surface area (Å²) in [6, 6.07) is 11.8. The lowest BCUT2D eigenvalue weighted by atomic mass is 10.00. The summed E-state index contributed by atoms with van der Waals surface area (Å²) in [5.74, 6) is -0.293. The minimum Gasteiger partial charge on any atom is -0.327 e. The minimum absolute atomic E-state index is 0.111. The number of benzene rings is 2. The normalized spacial score (nSPS) is 12.4. The number of nitrogens with two attached hydrogens (primary N) is 1. The quantitative estimate of drug-likeness (QED) is 0.897. The third-order valence-corrected chi connectivity index (χ3v) is 3.52. The Morgan fingerprint density at radius 3 is 2.37 bits per heavy atom. The molecule has 2 N–H and O–H groups in total. The van der Waals surface area contributed by atoms with E-state index in [0.717, 1.165) is 11.1 Å². The van der Waals surface area contributed by atoms with Gasteiger partial charge in [0.2, 0.25) is 0 Å². The van der Waals surface area contributed by atoms with Crippen molar-refractivity contribution >= 4 is 23.2 Å². The summed E-state index contributed by atoms with van der Waals surface area (Å²) in [5.41, 5.74) is 7.92. The van der Waals surface area contributed by atoms with E-state index < -0.39 is 0 Å². The molecule has 0 heterocycles. The van der Waals surface area contributed by atoms with Crippen molar-refractivity contribution < 1.29 is 4.39 Å². The highest BCUT2D eigenvalue weighted by molar-refractivity contribution is 6.31. The van der Waals surface area contributed by atoms with Gasteiger partial charge >= 0.3 is 0 Å². The Balaban J connectivity index is 2.02. The van der Waals surface area contributed by atoms with Crippen molar-refractivity contribution in [3.05, 3.63) is 69.5 Å². The van der Waals surface area contributed by atoms with E-state index in [1.807, 2.05) is 24.3 Å². The van der Waals surface area contributed by atoms with E-state index in [-0.39, 0.29) is 11.9 Å². The van der Waals surface area contributed by atoms with E-state index >= 15 is 0 Å². The Labute approximate surface area is 122 Å². The third-order valence-electron chi connectivity index (χ3n) is 2.90. The van der Waals surface area contributed by atoms with E-state index in [0.29, 0.717) is 22.9 Å². The van der Waals surface area contributed by atoms with Gasteiger partial charge in [-0.15, -0.1) is 0 Å². The van der Waals surface area contributed by atoms with Crippen LogP contribution in [-0.2, 0) is 12.8 Å². The first kappa shape index (κ1) is 14.3. The molecule has 0 aromatic heterocycles. The summed E-state index contributed by atoms with van der Waals surface area (Å²) in [5, 5.41) is 1.25. The molecule has 19 heavy (non-hydrogen) atoms. The van der Waals surface area contributed by atoms with E-state index in [1.165, 1.54) is 12.1 Å². The standard InChI is InChI=1S/C15H14Cl2FN/c16-12-3-1-10(2-4-12)7-14(19)9-11-8-13(18)5-6-15(11)17/h1-6,8,14H,7,9,19H2. The predicted octanol–water partition coefficient (Wildman–Crippen LogP) is 4.25. The zero-order valence-corrected chi connectivity index (χ0v) is 11.8. The summed E-state index contributed by atoms with van der Waals surface area (Å²) in [7, 11) is 0.